The first-order chi connectivity index (χ1) is 9.56. The van der Waals surface area contributed by atoms with Gasteiger partial charge >= 0.3 is 0 Å². The first kappa shape index (κ1) is 14.9. The van der Waals surface area contributed by atoms with Gasteiger partial charge in [-0.15, -0.1) is 0 Å². The van der Waals surface area contributed by atoms with Gasteiger partial charge in [0.15, 0.2) is 0 Å². The van der Waals surface area contributed by atoms with Crippen molar-refractivity contribution >= 4 is 28.8 Å². The summed E-state index contributed by atoms with van der Waals surface area (Å²) in [5.41, 5.74) is 5.70. The van der Waals surface area contributed by atoms with E-state index in [4.69, 9.17) is 18.0 Å². The lowest BCUT2D eigenvalue weighted by Crippen LogP contribution is -2.37. The first-order valence-corrected chi connectivity index (χ1v) is 7.04. The van der Waals surface area contributed by atoms with Crippen LogP contribution in [-0.4, -0.2) is 34.9 Å². The van der Waals surface area contributed by atoms with Crippen LogP contribution < -0.4 is 11.1 Å². The molecule has 1 aromatic rings. The lowest BCUT2D eigenvalue weighted by molar-refractivity contribution is -0.117. The average Bonchev–Trinajstić information content (AvgIpc) is 3.21. The van der Waals surface area contributed by atoms with Crippen LogP contribution >= 0.6 is 12.2 Å². The number of anilines is 1. The number of hydrogen-bond donors (Lipinski definition) is 2. The molecule has 0 spiro atoms. The molecule has 108 valence electrons. The molecule has 20 heavy (non-hydrogen) atoms. The summed E-state index contributed by atoms with van der Waals surface area (Å²) < 4.78 is 13.5. The normalized spacial score (nSPS) is 14.3. The molecule has 0 atom stereocenters. The number of hydrogen-bond acceptors (Lipinski definition) is 3. The molecule has 1 saturated carbocycles. The number of benzene rings is 1. The molecule has 3 N–H and O–H groups in total. The molecule has 0 bridgehead atoms. The summed E-state index contributed by atoms with van der Waals surface area (Å²) in [6.45, 7) is 0.909. The van der Waals surface area contributed by atoms with E-state index >= 15 is 0 Å². The SMILES string of the molecule is NC(=S)CCN(CC(=O)Nc1ccccc1F)C1CC1. The molecule has 0 unspecified atom stereocenters. The Kier molecular flexibility index (Phi) is 5.03. The van der Waals surface area contributed by atoms with Gasteiger partial charge in [0.25, 0.3) is 0 Å². The highest BCUT2D eigenvalue weighted by Crippen LogP contribution is 2.26. The van der Waals surface area contributed by atoms with Gasteiger partial charge in [-0.05, 0) is 25.0 Å². The van der Waals surface area contributed by atoms with Gasteiger partial charge < -0.3 is 11.1 Å². The lowest BCUT2D eigenvalue weighted by Gasteiger charge is -2.21. The van der Waals surface area contributed by atoms with Gasteiger partial charge in [-0.25, -0.2) is 4.39 Å². The van der Waals surface area contributed by atoms with Crippen LogP contribution in [-0.2, 0) is 4.79 Å². The second-order valence-corrected chi connectivity index (χ2v) is 5.47. The number of thiocarbonyl (C=S) groups is 1. The molecule has 1 amide bonds. The predicted molar refractivity (Wildman–Crippen MR) is 81.0 cm³/mol. The fourth-order valence-corrected chi connectivity index (χ4v) is 2.11. The minimum absolute atomic E-state index is 0.211. The van der Waals surface area contributed by atoms with Crippen LogP contribution in [0.1, 0.15) is 19.3 Å². The van der Waals surface area contributed by atoms with Crippen LogP contribution in [0.2, 0.25) is 0 Å². The Bertz CT molecular complexity index is 505. The van der Waals surface area contributed by atoms with Crippen LogP contribution in [0.5, 0.6) is 0 Å². The molecule has 1 aliphatic rings. The Morgan fingerprint density at radius 2 is 2.15 bits per heavy atom. The Balaban J connectivity index is 1.88. The molecule has 1 fully saturated rings. The van der Waals surface area contributed by atoms with Gasteiger partial charge in [0.05, 0.1) is 17.2 Å². The number of amides is 1. The van der Waals surface area contributed by atoms with Crippen molar-refractivity contribution in [1.82, 2.24) is 4.90 Å². The predicted octanol–water partition coefficient (Wildman–Crippen LogP) is 1.90. The van der Waals surface area contributed by atoms with E-state index in [-0.39, 0.29) is 18.1 Å². The molecule has 0 saturated heterocycles. The number of carbonyl (C=O) groups excluding carboxylic acids is 1. The summed E-state index contributed by atoms with van der Waals surface area (Å²) in [4.78, 5) is 14.5. The summed E-state index contributed by atoms with van der Waals surface area (Å²) in [5, 5.41) is 2.59. The molecular weight excluding hydrogens is 277 g/mol. The van der Waals surface area contributed by atoms with E-state index < -0.39 is 5.82 Å². The molecule has 6 heteroatoms. The summed E-state index contributed by atoms with van der Waals surface area (Å²) in [5.74, 6) is -0.646. The van der Waals surface area contributed by atoms with Crippen LogP contribution in [0.3, 0.4) is 0 Å². The van der Waals surface area contributed by atoms with E-state index in [0.29, 0.717) is 24.0 Å². The van der Waals surface area contributed by atoms with Crippen molar-refractivity contribution in [2.45, 2.75) is 25.3 Å². The Hall–Kier alpha value is -1.53. The average molecular weight is 295 g/mol. The van der Waals surface area contributed by atoms with Gasteiger partial charge in [0, 0.05) is 19.0 Å². The molecule has 2 rings (SSSR count). The fourth-order valence-electron chi connectivity index (χ4n) is 2.02. The quantitative estimate of drug-likeness (QED) is 0.754. The van der Waals surface area contributed by atoms with Crippen molar-refractivity contribution in [2.24, 2.45) is 5.73 Å². The van der Waals surface area contributed by atoms with Gasteiger partial charge in [-0.1, -0.05) is 24.4 Å². The summed E-state index contributed by atoms with van der Waals surface area (Å²) in [7, 11) is 0. The van der Waals surface area contributed by atoms with Gasteiger partial charge in [0.1, 0.15) is 5.82 Å². The van der Waals surface area contributed by atoms with Gasteiger partial charge in [-0.3, -0.25) is 9.69 Å². The number of nitrogens with zero attached hydrogens (tertiary/aromatic N) is 1. The molecular formula is C14H18FN3OS. The molecule has 1 aliphatic carbocycles. The third-order valence-electron chi connectivity index (χ3n) is 3.20. The highest BCUT2D eigenvalue weighted by Gasteiger charge is 2.30. The van der Waals surface area contributed by atoms with E-state index in [1.807, 2.05) is 0 Å². The Morgan fingerprint density at radius 3 is 2.75 bits per heavy atom. The lowest BCUT2D eigenvalue weighted by atomic mass is 10.3. The van der Waals surface area contributed by atoms with E-state index in [1.54, 1.807) is 18.2 Å². The molecule has 4 nitrogen and oxygen atoms in total. The molecule has 1 aromatic carbocycles. The van der Waals surface area contributed by atoms with Crippen LogP contribution in [0, 0.1) is 5.82 Å². The minimum Gasteiger partial charge on any atom is -0.393 e. The van der Waals surface area contributed by atoms with Crippen LogP contribution in [0.25, 0.3) is 0 Å². The maximum absolute atomic E-state index is 13.5. The molecule has 0 radical (unpaired) electrons. The summed E-state index contributed by atoms with van der Waals surface area (Å²) >= 11 is 4.86. The topological polar surface area (TPSA) is 58.4 Å². The summed E-state index contributed by atoms with van der Waals surface area (Å²) in [6.07, 6.45) is 2.77. The standard InChI is InChI=1S/C14H18FN3OS/c15-11-3-1-2-4-12(11)17-14(19)9-18(10-5-6-10)8-7-13(16)20/h1-4,10H,5-9H2,(H2,16,20)(H,17,19). The van der Waals surface area contributed by atoms with E-state index in [9.17, 15) is 9.18 Å². The highest BCUT2D eigenvalue weighted by molar-refractivity contribution is 7.80. The third kappa shape index (κ3) is 4.54. The number of halogens is 1. The largest absolute Gasteiger partial charge is 0.393 e. The molecule has 0 aliphatic heterocycles. The Labute approximate surface area is 123 Å². The maximum Gasteiger partial charge on any atom is 0.238 e. The van der Waals surface area contributed by atoms with E-state index in [2.05, 4.69) is 10.2 Å². The zero-order chi connectivity index (χ0) is 14.5. The van der Waals surface area contributed by atoms with Crippen LogP contribution in [0.15, 0.2) is 24.3 Å². The van der Waals surface area contributed by atoms with Gasteiger partial charge in [-0.2, -0.15) is 0 Å². The number of nitrogens with two attached hydrogens (primary N) is 1. The second-order valence-electron chi connectivity index (χ2n) is 4.95. The van der Waals surface area contributed by atoms with Crippen LogP contribution in [0.4, 0.5) is 10.1 Å². The van der Waals surface area contributed by atoms with Crippen molar-refractivity contribution in [3.8, 4) is 0 Å². The Morgan fingerprint density at radius 1 is 1.45 bits per heavy atom. The first-order valence-electron chi connectivity index (χ1n) is 6.63. The zero-order valence-electron chi connectivity index (χ0n) is 11.1. The smallest absolute Gasteiger partial charge is 0.238 e. The number of rotatable bonds is 7. The molecule has 0 aromatic heterocycles. The summed E-state index contributed by atoms with van der Waals surface area (Å²) in [6, 6.07) is 6.56. The second kappa shape index (κ2) is 6.76. The number of nitrogens with one attached hydrogen (secondary N) is 1. The number of para-hydroxylation sites is 1. The zero-order valence-corrected chi connectivity index (χ0v) is 12.0. The monoisotopic (exact) mass is 295 g/mol. The van der Waals surface area contributed by atoms with Crippen molar-refractivity contribution in [3.63, 3.8) is 0 Å². The van der Waals surface area contributed by atoms with E-state index in [0.717, 1.165) is 12.8 Å². The van der Waals surface area contributed by atoms with Crippen molar-refractivity contribution < 1.29 is 9.18 Å². The highest BCUT2D eigenvalue weighted by atomic mass is 32.1. The van der Waals surface area contributed by atoms with Crippen molar-refractivity contribution in [3.05, 3.63) is 30.1 Å². The minimum atomic E-state index is -0.429. The van der Waals surface area contributed by atoms with Crippen molar-refractivity contribution in [1.29, 1.82) is 0 Å². The molecule has 0 heterocycles. The van der Waals surface area contributed by atoms with E-state index in [1.165, 1.54) is 6.07 Å². The maximum atomic E-state index is 13.5. The van der Waals surface area contributed by atoms with Crippen molar-refractivity contribution in [2.75, 3.05) is 18.4 Å². The number of carbonyl (C=O) groups is 1. The third-order valence-corrected chi connectivity index (χ3v) is 3.41. The van der Waals surface area contributed by atoms with Gasteiger partial charge in [0.2, 0.25) is 5.91 Å². The fraction of sp³-hybridized carbons (Fsp3) is 0.429.